The number of benzene rings is 1. The predicted molar refractivity (Wildman–Crippen MR) is 84.5 cm³/mol. The lowest BCUT2D eigenvalue weighted by molar-refractivity contribution is 0.120. The van der Waals surface area contributed by atoms with Gasteiger partial charge in [-0.1, -0.05) is 25.0 Å². The number of rotatable bonds is 4. The molecule has 1 aliphatic carbocycles. The van der Waals surface area contributed by atoms with Crippen LogP contribution in [0, 0.1) is 11.7 Å². The fraction of sp³-hybridized carbons (Fsp3) is 0.667. The second-order valence-corrected chi connectivity index (χ2v) is 6.85. The number of nitrogens with two attached hydrogens (primary N) is 1. The van der Waals surface area contributed by atoms with Crippen molar-refractivity contribution in [3.05, 3.63) is 35.6 Å². The number of nitrogens with zero attached hydrogens (tertiary/aromatic N) is 1. The SMILES string of the molecule is CC(N)C(c1ccc(F)cc1)N1CCCC1C1CCCC1. The molecular formula is C18H27FN2. The van der Waals surface area contributed by atoms with Crippen molar-refractivity contribution in [1.82, 2.24) is 4.90 Å². The molecule has 3 heteroatoms. The van der Waals surface area contributed by atoms with Crippen molar-refractivity contribution in [1.29, 1.82) is 0 Å². The van der Waals surface area contributed by atoms with Crippen LogP contribution in [0.3, 0.4) is 0 Å². The van der Waals surface area contributed by atoms with E-state index in [1.165, 1.54) is 38.5 Å². The van der Waals surface area contributed by atoms with Gasteiger partial charge < -0.3 is 5.73 Å². The molecule has 3 rings (SSSR count). The van der Waals surface area contributed by atoms with Gasteiger partial charge in [0.1, 0.15) is 5.82 Å². The number of hydrogen-bond donors (Lipinski definition) is 1. The minimum Gasteiger partial charge on any atom is -0.326 e. The summed E-state index contributed by atoms with van der Waals surface area (Å²) in [6.45, 7) is 3.21. The topological polar surface area (TPSA) is 29.3 Å². The van der Waals surface area contributed by atoms with Crippen LogP contribution in [0.2, 0.25) is 0 Å². The second kappa shape index (κ2) is 6.45. The van der Waals surface area contributed by atoms with Gasteiger partial charge in [0.25, 0.3) is 0 Å². The zero-order valence-corrected chi connectivity index (χ0v) is 13.0. The van der Waals surface area contributed by atoms with Crippen LogP contribution in [0.4, 0.5) is 4.39 Å². The highest BCUT2D eigenvalue weighted by Crippen LogP contribution is 2.40. The minimum atomic E-state index is -0.170. The third-order valence-corrected chi connectivity index (χ3v) is 5.35. The summed E-state index contributed by atoms with van der Waals surface area (Å²) in [5.74, 6) is 0.671. The van der Waals surface area contributed by atoms with Gasteiger partial charge in [0, 0.05) is 18.1 Å². The van der Waals surface area contributed by atoms with E-state index in [-0.39, 0.29) is 17.9 Å². The van der Waals surface area contributed by atoms with Gasteiger partial charge in [-0.2, -0.15) is 0 Å². The van der Waals surface area contributed by atoms with E-state index in [4.69, 9.17) is 5.73 Å². The van der Waals surface area contributed by atoms with Crippen molar-refractivity contribution >= 4 is 0 Å². The first-order valence-corrected chi connectivity index (χ1v) is 8.43. The lowest BCUT2D eigenvalue weighted by Crippen LogP contribution is -2.44. The average molecular weight is 290 g/mol. The van der Waals surface area contributed by atoms with Gasteiger partial charge in [0.15, 0.2) is 0 Å². The smallest absolute Gasteiger partial charge is 0.123 e. The molecule has 1 aromatic rings. The van der Waals surface area contributed by atoms with Crippen LogP contribution in [-0.2, 0) is 0 Å². The quantitative estimate of drug-likeness (QED) is 0.912. The van der Waals surface area contributed by atoms with Crippen LogP contribution in [0.5, 0.6) is 0 Å². The number of likely N-dealkylation sites (tertiary alicyclic amines) is 1. The standard InChI is InChI=1S/C18H27FN2/c1-13(20)18(15-8-10-16(19)11-9-15)21-12-4-7-17(21)14-5-2-3-6-14/h8-11,13-14,17-18H,2-7,12,20H2,1H3. The maximum atomic E-state index is 13.2. The summed E-state index contributed by atoms with van der Waals surface area (Å²) in [4.78, 5) is 2.62. The van der Waals surface area contributed by atoms with E-state index in [0.717, 1.165) is 18.0 Å². The normalized spacial score (nSPS) is 27.1. The largest absolute Gasteiger partial charge is 0.326 e. The number of halogens is 1. The van der Waals surface area contributed by atoms with Gasteiger partial charge in [-0.05, 0) is 62.8 Å². The van der Waals surface area contributed by atoms with Crippen LogP contribution >= 0.6 is 0 Å². The Morgan fingerprint density at radius 3 is 2.38 bits per heavy atom. The van der Waals surface area contributed by atoms with Gasteiger partial charge in [-0.15, -0.1) is 0 Å². The average Bonchev–Trinajstić information content (AvgIpc) is 3.11. The van der Waals surface area contributed by atoms with E-state index in [0.29, 0.717) is 6.04 Å². The van der Waals surface area contributed by atoms with Gasteiger partial charge >= 0.3 is 0 Å². The highest BCUT2D eigenvalue weighted by molar-refractivity contribution is 5.22. The molecule has 0 bridgehead atoms. The molecule has 21 heavy (non-hydrogen) atoms. The Hall–Kier alpha value is -0.930. The van der Waals surface area contributed by atoms with Crippen LogP contribution in [0.15, 0.2) is 24.3 Å². The maximum Gasteiger partial charge on any atom is 0.123 e. The maximum absolute atomic E-state index is 13.2. The Morgan fingerprint density at radius 1 is 1.10 bits per heavy atom. The molecule has 0 radical (unpaired) electrons. The predicted octanol–water partition coefficient (Wildman–Crippen LogP) is 3.87. The van der Waals surface area contributed by atoms with E-state index in [1.54, 1.807) is 12.1 Å². The van der Waals surface area contributed by atoms with Gasteiger partial charge in [-0.25, -0.2) is 4.39 Å². The molecule has 116 valence electrons. The van der Waals surface area contributed by atoms with E-state index < -0.39 is 0 Å². The Morgan fingerprint density at radius 2 is 1.76 bits per heavy atom. The van der Waals surface area contributed by atoms with Crippen LogP contribution in [0.25, 0.3) is 0 Å². The van der Waals surface area contributed by atoms with Crippen LogP contribution in [0.1, 0.15) is 57.1 Å². The van der Waals surface area contributed by atoms with E-state index in [2.05, 4.69) is 11.8 Å². The molecule has 2 nitrogen and oxygen atoms in total. The molecule has 2 fully saturated rings. The first-order valence-electron chi connectivity index (χ1n) is 8.43. The van der Waals surface area contributed by atoms with Gasteiger partial charge in [0.2, 0.25) is 0 Å². The van der Waals surface area contributed by atoms with Crippen LogP contribution in [-0.4, -0.2) is 23.5 Å². The molecule has 2 N–H and O–H groups in total. The highest BCUT2D eigenvalue weighted by Gasteiger charge is 2.38. The Labute approximate surface area is 127 Å². The second-order valence-electron chi connectivity index (χ2n) is 6.85. The fourth-order valence-electron chi connectivity index (χ4n) is 4.47. The lowest BCUT2D eigenvalue weighted by Gasteiger charge is -2.38. The van der Waals surface area contributed by atoms with E-state index >= 15 is 0 Å². The summed E-state index contributed by atoms with van der Waals surface area (Å²) in [7, 11) is 0. The van der Waals surface area contributed by atoms with E-state index in [9.17, 15) is 4.39 Å². The molecule has 1 heterocycles. The molecule has 3 atom stereocenters. The van der Waals surface area contributed by atoms with Crippen LogP contribution < -0.4 is 5.73 Å². The summed E-state index contributed by atoms with van der Waals surface area (Å²) in [5, 5.41) is 0. The lowest BCUT2D eigenvalue weighted by atomic mass is 9.92. The first kappa shape index (κ1) is 15.0. The molecule has 0 spiro atoms. The highest BCUT2D eigenvalue weighted by atomic mass is 19.1. The zero-order chi connectivity index (χ0) is 14.8. The van der Waals surface area contributed by atoms with Crippen molar-refractivity contribution in [3.8, 4) is 0 Å². The third-order valence-electron chi connectivity index (χ3n) is 5.35. The van der Waals surface area contributed by atoms with E-state index in [1.807, 2.05) is 12.1 Å². The van der Waals surface area contributed by atoms with Crippen molar-refractivity contribution in [3.63, 3.8) is 0 Å². The molecule has 1 saturated carbocycles. The third kappa shape index (κ3) is 3.14. The van der Waals surface area contributed by atoms with Gasteiger partial charge in [-0.3, -0.25) is 4.90 Å². The number of hydrogen-bond acceptors (Lipinski definition) is 2. The summed E-state index contributed by atoms with van der Waals surface area (Å²) in [6.07, 6.45) is 8.08. The monoisotopic (exact) mass is 290 g/mol. The molecule has 1 aliphatic heterocycles. The minimum absolute atomic E-state index is 0.0671. The Bertz CT molecular complexity index is 451. The molecular weight excluding hydrogens is 263 g/mol. The summed E-state index contributed by atoms with van der Waals surface area (Å²) in [5.41, 5.74) is 7.48. The van der Waals surface area contributed by atoms with Crippen molar-refractivity contribution < 1.29 is 4.39 Å². The zero-order valence-electron chi connectivity index (χ0n) is 13.0. The molecule has 3 unspecified atom stereocenters. The van der Waals surface area contributed by atoms with Crippen molar-refractivity contribution in [2.75, 3.05) is 6.54 Å². The molecule has 0 aromatic heterocycles. The summed E-state index contributed by atoms with van der Waals surface area (Å²) >= 11 is 0. The molecule has 1 aromatic carbocycles. The van der Waals surface area contributed by atoms with Gasteiger partial charge in [0.05, 0.1) is 0 Å². The fourth-order valence-corrected chi connectivity index (χ4v) is 4.47. The first-order chi connectivity index (χ1) is 10.2. The molecule has 2 aliphatic rings. The summed E-state index contributed by atoms with van der Waals surface area (Å²) in [6, 6.07) is 7.90. The molecule has 0 amide bonds. The van der Waals surface area contributed by atoms with Crippen molar-refractivity contribution in [2.24, 2.45) is 11.7 Å². The Kier molecular flexibility index (Phi) is 4.60. The van der Waals surface area contributed by atoms with Crippen molar-refractivity contribution in [2.45, 2.75) is 63.6 Å². The summed E-state index contributed by atoms with van der Waals surface area (Å²) < 4.78 is 13.2. The Balaban J connectivity index is 1.83. The molecule has 1 saturated heterocycles.